The zero-order valence-electron chi connectivity index (χ0n) is 10.8. The van der Waals surface area contributed by atoms with Crippen molar-refractivity contribution in [3.8, 4) is 5.75 Å². The van der Waals surface area contributed by atoms with Gasteiger partial charge < -0.3 is 9.15 Å². The van der Waals surface area contributed by atoms with Crippen molar-refractivity contribution < 1.29 is 9.15 Å². The van der Waals surface area contributed by atoms with Crippen LogP contribution < -0.4 is 10.4 Å². The second-order valence-electron chi connectivity index (χ2n) is 4.47. The smallest absolute Gasteiger partial charge is 0.336 e. The van der Waals surface area contributed by atoms with Crippen molar-refractivity contribution in [2.45, 2.75) is 6.61 Å². The minimum atomic E-state index is -0.397. The summed E-state index contributed by atoms with van der Waals surface area (Å²) in [5, 5.41) is 1.37. The molecular formula is C16H10ClIO3. The Hall–Kier alpha value is -1.53. The second kappa shape index (κ2) is 6.07. The normalized spacial score (nSPS) is 10.8. The SMILES string of the molecule is O=c1cc(COc2ccc(I)cc2)c2cc(Cl)ccc2o1. The molecule has 0 spiro atoms. The molecule has 0 amide bonds. The molecule has 0 aliphatic rings. The van der Waals surface area contributed by atoms with Crippen LogP contribution in [-0.2, 0) is 6.61 Å². The molecule has 5 heteroatoms. The highest BCUT2D eigenvalue weighted by molar-refractivity contribution is 14.1. The fourth-order valence-electron chi connectivity index (χ4n) is 2.01. The van der Waals surface area contributed by atoms with E-state index in [4.69, 9.17) is 20.8 Å². The molecule has 1 heterocycles. The minimum absolute atomic E-state index is 0.281. The quantitative estimate of drug-likeness (QED) is 0.465. The van der Waals surface area contributed by atoms with E-state index in [2.05, 4.69) is 22.6 Å². The highest BCUT2D eigenvalue weighted by atomic mass is 127. The van der Waals surface area contributed by atoms with Crippen LogP contribution in [0.25, 0.3) is 11.0 Å². The van der Waals surface area contributed by atoms with Gasteiger partial charge in [-0.25, -0.2) is 4.79 Å². The Morgan fingerprint density at radius 3 is 2.62 bits per heavy atom. The van der Waals surface area contributed by atoms with E-state index in [1.165, 1.54) is 6.07 Å². The number of benzene rings is 2. The molecule has 21 heavy (non-hydrogen) atoms. The Morgan fingerprint density at radius 1 is 1.10 bits per heavy atom. The molecule has 3 aromatic rings. The summed E-state index contributed by atoms with van der Waals surface area (Å²) in [7, 11) is 0. The third kappa shape index (κ3) is 3.39. The van der Waals surface area contributed by atoms with Gasteiger partial charge in [0, 0.05) is 25.6 Å². The monoisotopic (exact) mass is 412 g/mol. The summed E-state index contributed by atoms with van der Waals surface area (Å²) in [6, 6.07) is 14.3. The molecule has 0 aliphatic heterocycles. The molecular weight excluding hydrogens is 403 g/mol. The van der Waals surface area contributed by atoms with E-state index >= 15 is 0 Å². The summed E-state index contributed by atoms with van der Waals surface area (Å²) < 4.78 is 12.0. The summed E-state index contributed by atoms with van der Waals surface area (Å²) in [6.45, 7) is 0.281. The third-order valence-electron chi connectivity index (χ3n) is 3.00. The fourth-order valence-corrected chi connectivity index (χ4v) is 2.54. The van der Waals surface area contributed by atoms with Crippen molar-refractivity contribution in [2.24, 2.45) is 0 Å². The third-order valence-corrected chi connectivity index (χ3v) is 3.95. The van der Waals surface area contributed by atoms with Crippen LogP contribution in [0.15, 0.2) is 57.7 Å². The van der Waals surface area contributed by atoms with Crippen molar-refractivity contribution in [3.63, 3.8) is 0 Å². The lowest BCUT2D eigenvalue weighted by Gasteiger charge is -2.08. The van der Waals surface area contributed by atoms with Gasteiger partial charge in [-0.1, -0.05) is 11.6 Å². The Balaban J connectivity index is 1.94. The molecule has 0 atom stereocenters. The van der Waals surface area contributed by atoms with Gasteiger partial charge in [-0.2, -0.15) is 0 Å². The number of halogens is 2. The lowest BCUT2D eigenvalue weighted by atomic mass is 10.1. The molecule has 0 saturated heterocycles. The Kier molecular flexibility index (Phi) is 4.17. The molecule has 0 fully saturated rings. The van der Waals surface area contributed by atoms with Gasteiger partial charge in [0.15, 0.2) is 0 Å². The van der Waals surface area contributed by atoms with E-state index in [1.54, 1.807) is 18.2 Å². The zero-order valence-corrected chi connectivity index (χ0v) is 13.7. The standard InChI is InChI=1S/C16H10ClIO3/c17-11-1-6-15-14(8-11)10(7-16(19)21-15)9-20-13-4-2-12(18)3-5-13/h1-8H,9H2. The molecule has 0 saturated carbocycles. The van der Waals surface area contributed by atoms with Gasteiger partial charge in [0.1, 0.15) is 17.9 Å². The number of hydrogen-bond acceptors (Lipinski definition) is 3. The Bertz CT molecular complexity index is 840. The molecule has 0 aliphatic carbocycles. The summed E-state index contributed by atoms with van der Waals surface area (Å²) in [5.74, 6) is 0.749. The van der Waals surface area contributed by atoms with Gasteiger partial charge in [-0.15, -0.1) is 0 Å². The maximum absolute atomic E-state index is 11.6. The minimum Gasteiger partial charge on any atom is -0.489 e. The average molecular weight is 413 g/mol. The molecule has 3 rings (SSSR count). The maximum Gasteiger partial charge on any atom is 0.336 e. The van der Waals surface area contributed by atoms with E-state index in [1.807, 2.05) is 24.3 Å². The van der Waals surface area contributed by atoms with Crippen molar-refractivity contribution in [1.29, 1.82) is 0 Å². The number of hydrogen-bond donors (Lipinski definition) is 0. The summed E-state index contributed by atoms with van der Waals surface area (Å²) >= 11 is 8.24. The zero-order chi connectivity index (χ0) is 14.8. The van der Waals surface area contributed by atoms with Gasteiger partial charge in [0.05, 0.1) is 0 Å². The first kappa shape index (κ1) is 14.4. The van der Waals surface area contributed by atoms with E-state index in [9.17, 15) is 4.79 Å². The predicted molar refractivity (Wildman–Crippen MR) is 91.0 cm³/mol. The molecule has 106 valence electrons. The first-order valence-corrected chi connectivity index (χ1v) is 7.68. The van der Waals surface area contributed by atoms with Crippen LogP contribution in [0.5, 0.6) is 5.75 Å². The highest BCUT2D eigenvalue weighted by Crippen LogP contribution is 2.23. The fraction of sp³-hybridized carbons (Fsp3) is 0.0625. The number of fused-ring (bicyclic) bond motifs is 1. The highest BCUT2D eigenvalue weighted by Gasteiger charge is 2.07. The molecule has 0 N–H and O–H groups in total. The lowest BCUT2D eigenvalue weighted by Crippen LogP contribution is -2.04. The van der Waals surface area contributed by atoms with E-state index in [-0.39, 0.29) is 6.61 Å². The van der Waals surface area contributed by atoms with Crippen LogP contribution in [0.1, 0.15) is 5.56 Å². The molecule has 0 unspecified atom stereocenters. The number of rotatable bonds is 3. The van der Waals surface area contributed by atoms with Crippen LogP contribution in [-0.4, -0.2) is 0 Å². The van der Waals surface area contributed by atoms with Gasteiger partial charge >= 0.3 is 5.63 Å². The summed E-state index contributed by atoms with van der Waals surface area (Å²) in [4.78, 5) is 11.6. The molecule has 2 aromatic carbocycles. The van der Waals surface area contributed by atoms with Crippen molar-refractivity contribution in [1.82, 2.24) is 0 Å². The van der Waals surface area contributed by atoms with E-state index in [0.29, 0.717) is 10.6 Å². The maximum atomic E-state index is 11.6. The van der Waals surface area contributed by atoms with Crippen LogP contribution in [0, 0.1) is 3.57 Å². The van der Waals surface area contributed by atoms with Crippen molar-refractivity contribution in [2.75, 3.05) is 0 Å². The van der Waals surface area contributed by atoms with Crippen molar-refractivity contribution >= 4 is 45.2 Å². The predicted octanol–water partition coefficient (Wildman–Crippen LogP) is 4.63. The molecule has 3 nitrogen and oxygen atoms in total. The van der Waals surface area contributed by atoms with Crippen LogP contribution in [0.2, 0.25) is 5.02 Å². The lowest BCUT2D eigenvalue weighted by molar-refractivity contribution is 0.306. The van der Waals surface area contributed by atoms with Gasteiger partial charge in [-0.05, 0) is 65.1 Å². The first-order chi connectivity index (χ1) is 10.1. The van der Waals surface area contributed by atoms with Crippen molar-refractivity contribution in [3.05, 3.63) is 73.1 Å². The topological polar surface area (TPSA) is 39.4 Å². The second-order valence-corrected chi connectivity index (χ2v) is 6.16. The largest absolute Gasteiger partial charge is 0.489 e. The molecule has 1 aromatic heterocycles. The Labute approximate surface area is 139 Å². The van der Waals surface area contributed by atoms with Crippen LogP contribution >= 0.6 is 34.2 Å². The Morgan fingerprint density at radius 2 is 1.86 bits per heavy atom. The summed E-state index contributed by atoms with van der Waals surface area (Å²) in [5.41, 5.74) is 0.862. The molecule has 0 bridgehead atoms. The van der Waals surface area contributed by atoms with Gasteiger partial charge in [0.25, 0.3) is 0 Å². The van der Waals surface area contributed by atoms with E-state index in [0.717, 1.165) is 20.3 Å². The first-order valence-electron chi connectivity index (χ1n) is 6.22. The average Bonchev–Trinajstić information content (AvgIpc) is 2.47. The number of ether oxygens (including phenoxy) is 1. The van der Waals surface area contributed by atoms with Gasteiger partial charge in [0.2, 0.25) is 0 Å². The van der Waals surface area contributed by atoms with Crippen LogP contribution in [0.3, 0.4) is 0 Å². The van der Waals surface area contributed by atoms with E-state index < -0.39 is 5.63 Å². The van der Waals surface area contributed by atoms with Gasteiger partial charge in [-0.3, -0.25) is 0 Å². The summed E-state index contributed by atoms with van der Waals surface area (Å²) in [6.07, 6.45) is 0. The van der Waals surface area contributed by atoms with Crippen LogP contribution in [0.4, 0.5) is 0 Å². The molecule has 0 radical (unpaired) electrons.